The van der Waals surface area contributed by atoms with Crippen LogP contribution in [0.4, 0.5) is 43.4 Å². The number of anilines is 1. The van der Waals surface area contributed by atoms with Crippen molar-refractivity contribution in [2.45, 2.75) is 57.3 Å². The lowest BCUT2D eigenvalue weighted by Crippen LogP contribution is -2.28. The van der Waals surface area contributed by atoms with Crippen LogP contribution in [0.5, 0.6) is 0 Å². The van der Waals surface area contributed by atoms with Crippen molar-refractivity contribution in [2.24, 2.45) is 0 Å². The lowest BCUT2D eigenvalue weighted by molar-refractivity contribution is -0.143. The molecule has 0 fully saturated rings. The van der Waals surface area contributed by atoms with Gasteiger partial charge in [0.1, 0.15) is 0 Å². The highest BCUT2D eigenvalue weighted by Gasteiger charge is 2.48. The van der Waals surface area contributed by atoms with Crippen molar-refractivity contribution in [3.8, 4) is 0 Å². The smallest absolute Gasteiger partial charge is 0.344 e. The van der Waals surface area contributed by atoms with Crippen molar-refractivity contribution < 1.29 is 26.3 Å². The number of allylic oxidation sites excluding steroid dienone is 4. The third-order valence-corrected chi connectivity index (χ3v) is 10.3. The number of benzene rings is 5. The zero-order valence-corrected chi connectivity index (χ0v) is 28.7. The zero-order valence-electron chi connectivity index (χ0n) is 28.7. The Hall–Kier alpha value is -5.11. The number of alkyl halides is 6. The van der Waals surface area contributed by atoms with Gasteiger partial charge in [-0.05, 0) is 61.1 Å². The molecule has 0 spiro atoms. The van der Waals surface area contributed by atoms with Crippen molar-refractivity contribution in [3.05, 3.63) is 161 Å². The van der Waals surface area contributed by atoms with Gasteiger partial charge >= 0.3 is 12.4 Å². The highest BCUT2D eigenvalue weighted by Crippen LogP contribution is 2.49. The molecule has 0 unspecified atom stereocenters. The Labute approximate surface area is 293 Å². The summed E-state index contributed by atoms with van der Waals surface area (Å²) < 4.78 is 86.6. The minimum Gasteiger partial charge on any atom is -0.344 e. The predicted octanol–water partition coefficient (Wildman–Crippen LogP) is 11.9. The average Bonchev–Trinajstić information content (AvgIpc) is 3.45. The van der Waals surface area contributed by atoms with Gasteiger partial charge in [0.25, 0.3) is 0 Å². The Kier molecular flexibility index (Phi) is 8.27. The Bertz CT molecular complexity index is 2200. The van der Waals surface area contributed by atoms with Crippen LogP contribution < -0.4 is 9.48 Å². The summed E-state index contributed by atoms with van der Waals surface area (Å²) in [6.45, 7) is 8.95. The van der Waals surface area contributed by atoms with Gasteiger partial charge in [-0.1, -0.05) is 98.8 Å². The first-order valence-electron chi connectivity index (χ1n) is 16.9. The second-order valence-corrected chi connectivity index (χ2v) is 14.2. The van der Waals surface area contributed by atoms with E-state index in [9.17, 15) is 26.3 Å². The summed E-state index contributed by atoms with van der Waals surface area (Å²) in [6, 6.07) is 31.6. The number of para-hydroxylation sites is 1. The summed E-state index contributed by atoms with van der Waals surface area (Å²) in [4.78, 5) is 2.31. The van der Waals surface area contributed by atoms with Crippen LogP contribution in [0.2, 0.25) is 0 Å². The van der Waals surface area contributed by atoms with E-state index in [-0.39, 0.29) is 17.2 Å². The number of rotatable bonds is 6. The topological polar surface area (TPSA) is 6.25 Å². The summed E-state index contributed by atoms with van der Waals surface area (Å²) in [5, 5.41) is 1.56. The molecule has 7 rings (SSSR count). The van der Waals surface area contributed by atoms with Gasteiger partial charge in [0.15, 0.2) is 5.71 Å². The van der Waals surface area contributed by atoms with E-state index in [1.165, 1.54) is 11.1 Å². The van der Waals surface area contributed by atoms with Gasteiger partial charge in [0.05, 0.1) is 21.9 Å². The molecule has 0 atom stereocenters. The second kappa shape index (κ2) is 12.3. The Balaban J connectivity index is 1.42. The molecule has 260 valence electrons. The normalized spacial score (nSPS) is 17.5. The number of hydrogen-bond acceptors (Lipinski definition) is 1. The van der Waals surface area contributed by atoms with Gasteiger partial charge in [-0.25, -0.2) is 0 Å². The van der Waals surface area contributed by atoms with Crippen LogP contribution in [0, 0.1) is 0 Å². The molecule has 8 heteroatoms. The van der Waals surface area contributed by atoms with E-state index in [2.05, 4.69) is 43.0 Å². The molecular weight excluding hydrogens is 658 g/mol. The van der Waals surface area contributed by atoms with Gasteiger partial charge in [-0.3, -0.25) is 0 Å². The fraction of sp³-hybridized carbons (Fsp3) is 0.233. The first kappa shape index (κ1) is 34.3. The molecule has 2 aliphatic rings. The van der Waals surface area contributed by atoms with E-state index in [0.29, 0.717) is 11.4 Å². The fourth-order valence-corrected chi connectivity index (χ4v) is 7.65. The van der Waals surface area contributed by atoms with E-state index in [0.717, 1.165) is 52.8 Å². The van der Waals surface area contributed by atoms with Crippen molar-refractivity contribution in [1.29, 1.82) is 0 Å². The minimum atomic E-state index is -4.99. The molecule has 0 aromatic heterocycles. The highest BCUT2D eigenvalue weighted by atomic mass is 19.4. The van der Waals surface area contributed by atoms with E-state index in [1.54, 1.807) is 4.58 Å². The second-order valence-electron chi connectivity index (χ2n) is 14.2. The number of nitrogens with zero attached hydrogens (tertiary/aromatic N) is 2. The molecule has 2 aliphatic heterocycles. The maximum absolute atomic E-state index is 14.2. The van der Waals surface area contributed by atoms with Crippen LogP contribution >= 0.6 is 0 Å². The third-order valence-electron chi connectivity index (χ3n) is 10.3. The molecular formula is C43H37F6N2+. The molecule has 51 heavy (non-hydrogen) atoms. The molecule has 0 aliphatic carbocycles. The molecule has 0 saturated heterocycles. The molecule has 2 nitrogen and oxygen atoms in total. The van der Waals surface area contributed by atoms with Gasteiger partial charge in [-0.15, -0.1) is 0 Å². The molecule has 0 N–H and O–H groups in total. The van der Waals surface area contributed by atoms with Gasteiger partial charge in [0.2, 0.25) is 11.4 Å². The summed E-state index contributed by atoms with van der Waals surface area (Å²) >= 11 is 0. The van der Waals surface area contributed by atoms with E-state index >= 15 is 0 Å². The summed E-state index contributed by atoms with van der Waals surface area (Å²) in [7, 11) is 0. The number of fused-ring (bicyclic) bond motifs is 4. The maximum atomic E-state index is 14.2. The van der Waals surface area contributed by atoms with Gasteiger partial charge in [0, 0.05) is 47.1 Å². The Morgan fingerprint density at radius 2 is 1.29 bits per heavy atom. The quantitative estimate of drug-likeness (QED) is 0.127. The predicted molar refractivity (Wildman–Crippen MR) is 194 cm³/mol. The highest BCUT2D eigenvalue weighted by molar-refractivity contribution is 6.14. The molecule has 0 saturated carbocycles. The fourth-order valence-electron chi connectivity index (χ4n) is 7.65. The van der Waals surface area contributed by atoms with Crippen LogP contribution in [0.25, 0.3) is 10.8 Å². The average molecular weight is 696 g/mol. The van der Waals surface area contributed by atoms with E-state index in [1.807, 2.05) is 98.8 Å². The molecule has 2 heterocycles. The number of halogens is 6. The van der Waals surface area contributed by atoms with E-state index in [4.69, 9.17) is 0 Å². The summed E-state index contributed by atoms with van der Waals surface area (Å²) in [5.41, 5.74) is 2.40. The van der Waals surface area contributed by atoms with Crippen LogP contribution in [-0.2, 0) is 29.6 Å². The van der Waals surface area contributed by atoms with Crippen molar-refractivity contribution in [2.75, 3.05) is 11.4 Å². The molecule has 0 amide bonds. The molecule has 5 aromatic carbocycles. The Morgan fingerprint density at radius 3 is 1.98 bits per heavy atom. The summed E-state index contributed by atoms with van der Waals surface area (Å²) in [6.07, 6.45) is -3.41. The molecule has 5 aromatic rings. The van der Waals surface area contributed by atoms with Gasteiger partial charge < -0.3 is 4.90 Å². The lowest BCUT2D eigenvalue weighted by Gasteiger charge is -2.27. The number of hydrogen-bond donors (Lipinski definition) is 0. The lowest BCUT2D eigenvalue weighted by atomic mass is 9.80. The zero-order chi connectivity index (χ0) is 36.3. The van der Waals surface area contributed by atoms with Crippen LogP contribution in [-0.4, -0.2) is 12.3 Å². The van der Waals surface area contributed by atoms with Crippen LogP contribution in [0.1, 0.15) is 55.5 Å². The largest absolute Gasteiger partial charge is 0.416 e. The van der Waals surface area contributed by atoms with Gasteiger partial charge in [-0.2, -0.15) is 30.9 Å². The first-order chi connectivity index (χ1) is 24.1. The van der Waals surface area contributed by atoms with Crippen molar-refractivity contribution in [3.63, 3.8) is 0 Å². The summed E-state index contributed by atoms with van der Waals surface area (Å²) in [5.74, 6) is 0. The SMILES string of the molecule is CC1(C)C(/C=C/C=C2/N(CCc3ccccc3)c3ccccc3C2(C)C)=[N+](c2cc(C(F)(F)F)cc(C(F)(F)F)c2)c2c1ccc1ccccc21. The molecule has 0 radical (unpaired) electrons. The van der Waals surface area contributed by atoms with Crippen molar-refractivity contribution >= 4 is 33.5 Å². The maximum Gasteiger partial charge on any atom is 0.416 e. The van der Waals surface area contributed by atoms with E-state index < -0.39 is 28.9 Å². The van der Waals surface area contributed by atoms with Crippen LogP contribution in [0.15, 0.2) is 133 Å². The first-order valence-corrected chi connectivity index (χ1v) is 16.9. The standard InChI is InChI=1S/C43H37F6N2/c1-40(2)34-17-10-11-18-36(34)50(24-23-28-13-6-5-7-14-28)37(40)19-12-20-38-41(3,4)35-22-21-29-15-8-9-16-33(29)39(35)51(38)32-26-30(42(44,45)46)25-31(27-32)43(47,48)49/h5-22,25-27H,23-24H2,1-4H3/q+1. The van der Waals surface area contributed by atoms with Crippen LogP contribution in [0.3, 0.4) is 0 Å². The monoisotopic (exact) mass is 695 g/mol. The molecule has 0 bridgehead atoms. The minimum absolute atomic E-state index is 0.179. The Morgan fingerprint density at radius 1 is 0.667 bits per heavy atom. The van der Waals surface area contributed by atoms with Crippen molar-refractivity contribution in [1.82, 2.24) is 4.58 Å². The third kappa shape index (κ3) is 6.04.